The van der Waals surface area contributed by atoms with Crippen molar-refractivity contribution < 1.29 is 29.0 Å². The monoisotopic (exact) mass is 364 g/mol. The zero-order valence-corrected chi connectivity index (χ0v) is 15.9. The number of carbonyl (C=O) groups excluding carboxylic acids is 2. The number of ether oxygens (including phenoxy) is 2. The second-order valence-electron chi connectivity index (χ2n) is 7.10. The summed E-state index contributed by atoms with van der Waals surface area (Å²) in [7, 11) is 0. The molecule has 1 unspecified atom stereocenters. The molecule has 0 heterocycles. The van der Waals surface area contributed by atoms with E-state index in [0.29, 0.717) is 12.0 Å². The SMILES string of the molecule is CCCCC(OC(=O)CCC(=O)OC(C)(C)C)c1ccccc1C(=O)O. The molecule has 1 aromatic rings. The molecule has 1 aromatic carbocycles. The van der Waals surface area contributed by atoms with Gasteiger partial charge in [-0.15, -0.1) is 0 Å². The van der Waals surface area contributed by atoms with Gasteiger partial charge < -0.3 is 14.6 Å². The summed E-state index contributed by atoms with van der Waals surface area (Å²) in [5.74, 6) is -2.07. The molecule has 0 fully saturated rings. The van der Waals surface area contributed by atoms with Gasteiger partial charge in [-0.1, -0.05) is 31.5 Å². The number of carboxylic acids is 1. The summed E-state index contributed by atoms with van der Waals surface area (Å²) in [6.45, 7) is 7.27. The molecule has 0 aromatic heterocycles. The van der Waals surface area contributed by atoms with Crippen molar-refractivity contribution in [3.8, 4) is 0 Å². The third kappa shape index (κ3) is 7.68. The Balaban J connectivity index is 2.78. The van der Waals surface area contributed by atoms with Crippen LogP contribution >= 0.6 is 0 Å². The van der Waals surface area contributed by atoms with Crippen LogP contribution in [0.2, 0.25) is 0 Å². The molecule has 0 bridgehead atoms. The quantitative estimate of drug-likeness (QED) is 0.658. The predicted octanol–water partition coefficient (Wildman–Crippen LogP) is 4.28. The minimum absolute atomic E-state index is 0.0722. The van der Waals surface area contributed by atoms with E-state index in [4.69, 9.17) is 9.47 Å². The van der Waals surface area contributed by atoms with Gasteiger partial charge in [0.1, 0.15) is 11.7 Å². The van der Waals surface area contributed by atoms with Gasteiger partial charge >= 0.3 is 17.9 Å². The molecule has 6 nitrogen and oxygen atoms in total. The molecule has 0 aliphatic heterocycles. The Hall–Kier alpha value is -2.37. The number of carbonyl (C=O) groups is 3. The van der Waals surface area contributed by atoms with Crippen molar-refractivity contribution in [3.63, 3.8) is 0 Å². The van der Waals surface area contributed by atoms with Crippen LogP contribution in [0, 0.1) is 0 Å². The van der Waals surface area contributed by atoms with Crippen molar-refractivity contribution in [2.24, 2.45) is 0 Å². The summed E-state index contributed by atoms with van der Waals surface area (Å²) in [5, 5.41) is 9.36. The number of hydrogen-bond acceptors (Lipinski definition) is 5. The van der Waals surface area contributed by atoms with Crippen LogP contribution in [0.15, 0.2) is 24.3 Å². The summed E-state index contributed by atoms with van der Waals surface area (Å²) in [6.07, 6.45) is 1.38. The van der Waals surface area contributed by atoms with Crippen LogP contribution in [-0.2, 0) is 19.1 Å². The van der Waals surface area contributed by atoms with Crippen LogP contribution in [0.1, 0.15) is 81.8 Å². The highest BCUT2D eigenvalue weighted by Crippen LogP contribution is 2.27. The predicted molar refractivity (Wildman–Crippen MR) is 96.8 cm³/mol. The Labute approximate surface area is 154 Å². The fourth-order valence-electron chi connectivity index (χ4n) is 2.45. The lowest BCUT2D eigenvalue weighted by atomic mass is 9.98. The lowest BCUT2D eigenvalue weighted by Crippen LogP contribution is -2.24. The fourth-order valence-corrected chi connectivity index (χ4v) is 2.45. The standard InChI is InChI=1S/C20H28O6/c1-5-6-11-16(14-9-7-8-10-15(14)19(23)24)25-17(21)12-13-18(22)26-20(2,3)4/h7-10,16H,5-6,11-13H2,1-4H3,(H,23,24). The van der Waals surface area contributed by atoms with Crippen molar-refractivity contribution in [1.29, 1.82) is 0 Å². The van der Waals surface area contributed by atoms with Gasteiger partial charge in [-0.05, 0) is 39.7 Å². The van der Waals surface area contributed by atoms with Crippen molar-refractivity contribution in [1.82, 2.24) is 0 Å². The topological polar surface area (TPSA) is 89.9 Å². The van der Waals surface area contributed by atoms with E-state index in [1.165, 1.54) is 6.07 Å². The van der Waals surface area contributed by atoms with Crippen LogP contribution in [-0.4, -0.2) is 28.6 Å². The van der Waals surface area contributed by atoms with Gasteiger partial charge in [-0.2, -0.15) is 0 Å². The smallest absolute Gasteiger partial charge is 0.336 e. The zero-order chi connectivity index (χ0) is 19.7. The first-order chi connectivity index (χ1) is 12.1. The number of hydrogen-bond donors (Lipinski definition) is 1. The summed E-state index contributed by atoms with van der Waals surface area (Å²) in [6, 6.07) is 6.50. The van der Waals surface area contributed by atoms with Gasteiger partial charge in [0.2, 0.25) is 0 Å². The highest BCUT2D eigenvalue weighted by atomic mass is 16.6. The number of benzene rings is 1. The molecule has 0 radical (unpaired) electrons. The van der Waals surface area contributed by atoms with E-state index >= 15 is 0 Å². The number of aromatic carboxylic acids is 1. The van der Waals surface area contributed by atoms with E-state index in [1.807, 2.05) is 6.92 Å². The molecule has 1 rings (SSSR count). The Bertz CT molecular complexity index is 629. The highest BCUT2D eigenvalue weighted by Gasteiger charge is 2.23. The largest absolute Gasteiger partial charge is 0.478 e. The van der Waals surface area contributed by atoms with E-state index in [-0.39, 0.29) is 18.4 Å². The van der Waals surface area contributed by atoms with Gasteiger partial charge in [0, 0.05) is 5.56 Å². The lowest BCUT2D eigenvalue weighted by molar-refractivity contribution is -0.159. The van der Waals surface area contributed by atoms with Crippen molar-refractivity contribution in [3.05, 3.63) is 35.4 Å². The van der Waals surface area contributed by atoms with E-state index in [1.54, 1.807) is 39.0 Å². The van der Waals surface area contributed by atoms with E-state index in [9.17, 15) is 19.5 Å². The summed E-state index contributed by atoms with van der Waals surface area (Å²) in [5.41, 5.74) is -0.0157. The Kier molecular flexibility index (Phi) is 8.29. The number of carboxylic acid groups (broad SMARTS) is 1. The molecule has 0 amide bonds. The fraction of sp³-hybridized carbons (Fsp3) is 0.550. The maximum Gasteiger partial charge on any atom is 0.336 e. The van der Waals surface area contributed by atoms with E-state index in [2.05, 4.69) is 0 Å². The van der Waals surface area contributed by atoms with Crippen molar-refractivity contribution >= 4 is 17.9 Å². The normalized spacial score (nSPS) is 12.3. The second kappa shape index (κ2) is 9.94. The van der Waals surface area contributed by atoms with E-state index < -0.39 is 29.6 Å². The zero-order valence-electron chi connectivity index (χ0n) is 15.9. The second-order valence-corrected chi connectivity index (χ2v) is 7.10. The molecule has 0 saturated carbocycles. The molecule has 0 spiro atoms. The minimum atomic E-state index is -1.06. The average molecular weight is 364 g/mol. The average Bonchev–Trinajstić information content (AvgIpc) is 2.55. The molecular weight excluding hydrogens is 336 g/mol. The van der Waals surface area contributed by atoms with Gasteiger partial charge in [0.25, 0.3) is 0 Å². The molecule has 1 N–H and O–H groups in total. The molecule has 0 saturated heterocycles. The maximum absolute atomic E-state index is 12.2. The molecule has 0 aliphatic rings. The van der Waals surface area contributed by atoms with Gasteiger partial charge in [-0.3, -0.25) is 9.59 Å². The van der Waals surface area contributed by atoms with Gasteiger partial charge in [-0.25, -0.2) is 4.79 Å². The number of rotatable bonds is 9. The minimum Gasteiger partial charge on any atom is -0.478 e. The Morgan fingerprint density at radius 2 is 1.69 bits per heavy atom. The van der Waals surface area contributed by atoms with E-state index in [0.717, 1.165) is 12.8 Å². The van der Waals surface area contributed by atoms with Crippen molar-refractivity contribution in [2.75, 3.05) is 0 Å². The molecule has 144 valence electrons. The van der Waals surface area contributed by atoms with Crippen LogP contribution in [0.5, 0.6) is 0 Å². The number of esters is 2. The summed E-state index contributed by atoms with van der Waals surface area (Å²) < 4.78 is 10.7. The molecule has 6 heteroatoms. The van der Waals surface area contributed by atoms with Crippen LogP contribution in [0.25, 0.3) is 0 Å². The molecule has 0 aliphatic carbocycles. The van der Waals surface area contributed by atoms with Crippen molar-refractivity contribution in [2.45, 2.75) is 71.5 Å². The summed E-state index contributed by atoms with van der Waals surface area (Å²) >= 11 is 0. The molecular formula is C20H28O6. The van der Waals surface area contributed by atoms with Crippen LogP contribution in [0.3, 0.4) is 0 Å². The first kappa shape index (κ1) is 21.7. The Morgan fingerprint density at radius 1 is 1.08 bits per heavy atom. The third-order valence-electron chi connectivity index (χ3n) is 3.58. The highest BCUT2D eigenvalue weighted by molar-refractivity contribution is 5.89. The van der Waals surface area contributed by atoms with Gasteiger partial charge in [0.05, 0.1) is 18.4 Å². The first-order valence-electron chi connectivity index (χ1n) is 8.87. The summed E-state index contributed by atoms with van der Waals surface area (Å²) in [4.78, 5) is 35.3. The maximum atomic E-state index is 12.2. The van der Waals surface area contributed by atoms with Gasteiger partial charge in [0.15, 0.2) is 0 Å². The van der Waals surface area contributed by atoms with Crippen LogP contribution < -0.4 is 0 Å². The van der Waals surface area contributed by atoms with Crippen LogP contribution in [0.4, 0.5) is 0 Å². The third-order valence-corrected chi connectivity index (χ3v) is 3.58. The molecule has 26 heavy (non-hydrogen) atoms. The Morgan fingerprint density at radius 3 is 2.27 bits per heavy atom. The lowest BCUT2D eigenvalue weighted by Gasteiger charge is -2.21. The first-order valence-corrected chi connectivity index (χ1v) is 8.87. The number of unbranched alkanes of at least 4 members (excludes halogenated alkanes) is 1. The molecule has 1 atom stereocenters.